The molecule has 3 aromatic carbocycles. The van der Waals surface area contributed by atoms with E-state index < -0.39 is 34.3 Å². The third-order valence-corrected chi connectivity index (χ3v) is 6.90. The predicted molar refractivity (Wildman–Crippen MR) is 173 cm³/mol. The van der Waals surface area contributed by atoms with Gasteiger partial charge in [0.15, 0.2) is 11.2 Å². The van der Waals surface area contributed by atoms with Crippen LogP contribution < -0.4 is 0 Å². The second-order valence-corrected chi connectivity index (χ2v) is 9.68. The van der Waals surface area contributed by atoms with Gasteiger partial charge in [-0.3, -0.25) is 0 Å². The van der Waals surface area contributed by atoms with Crippen molar-refractivity contribution in [1.82, 2.24) is 15.0 Å². The maximum Gasteiger partial charge on any atom is 0.183 e. The summed E-state index contributed by atoms with van der Waals surface area (Å²) in [7, 11) is 0. The third-order valence-electron chi connectivity index (χ3n) is 6.90. The minimum atomic E-state index is -2.71. The first kappa shape index (κ1) is 16.4. The molecular formula is C38H29IrN3O2-2. The van der Waals surface area contributed by atoms with Gasteiger partial charge in [0.05, 0.1) is 11.0 Å². The van der Waals surface area contributed by atoms with Crippen LogP contribution in [0.2, 0.25) is 0 Å². The molecular weight excluding hydrogens is 723 g/mol. The molecule has 0 amide bonds. The molecule has 1 radical (unpaired) electrons. The summed E-state index contributed by atoms with van der Waals surface area (Å²) in [6.45, 7) is -12.3. The molecule has 0 bridgehead atoms. The monoisotopic (exact) mass is 767 g/mol. The van der Waals surface area contributed by atoms with Crippen LogP contribution in [0.1, 0.15) is 48.5 Å². The average molecular weight is 767 g/mol. The van der Waals surface area contributed by atoms with Gasteiger partial charge in [-0.2, -0.15) is 0 Å². The summed E-state index contributed by atoms with van der Waals surface area (Å²) in [5.41, 5.74) is 2.48. The van der Waals surface area contributed by atoms with E-state index in [1.54, 1.807) is 48.5 Å². The molecule has 0 fully saturated rings. The van der Waals surface area contributed by atoms with Crippen molar-refractivity contribution in [1.29, 1.82) is 0 Å². The molecule has 8 rings (SSSR count). The summed E-state index contributed by atoms with van der Waals surface area (Å²) >= 11 is 0. The molecule has 219 valence electrons. The van der Waals surface area contributed by atoms with E-state index in [0.717, 1.165) is 6.20 Å². The zero-order valence-corrected chi connectivity index (χ0v) is 25.0. The van der Waals surface area contributed by atoms with Crippen LogP contribution in [0.15, 0.2) is 94.0 Å². The summed E-state index contributed by atoms with van der Waals surface area (Å²) in [5.74, 6) is 0. The van der Waals surface area contributed by atoms with Gasteiger partial charge in [-0.1, -0.05) is 54.4 Å². The van der Waals surface area contributed by atoms with E-state index in [2.05, 4.69) is 27.1 Å². The van der Waals surface area contributed by atoms with Gasteiger partial charge in [0.2, 0.25) is 0 Å². The Labute approximate surface area is 290 Å². The van der Waals surface area contributed by atoms with Crippen LogP contribution in [0.25, 0.3) is 66.5 Å². The van der Waals surface area contributed by atoms with Gasteiger partial charge in [-0.15, -0.1) is 53.6 Å². The van der Waals surface area contributed by atoms with Crippen LogP contribution in [0.5, 0.6) is 0 Å². The van der Waals surface area contributed by atoms with Crippen LogP contribution in [0.4, 0.5) is 0 Å². The van der Waals surface area contributed by atoms with Gasteiger partial charge in [0.1, 0.15) is 11.1 Å². The number of pyridine rings is 3. The maximum absolute atomic E-state index is 8.12. The van der Waals surface area contributed by atoms with Crippen molar-refractivity contribution in [3.63, 3.8) is 0 Å². The van der Waals surface area contributed by atoms with Crippen LogP contribution in [-0.4, -0.2) is 15.0 Å². The number of aryl methyl sites for hydroxylation is 5. The van der Waals surface area contributed by atoms with Gasteiger partial charge in [0.25, 0.3) is 0 Å². The number of benzene rings is 3. The van der Waals surface area contributed by atoms with Crippen molar-refractivity contribution in [2.24, 2.45) is 0 Å². The molecule has 0 aliphatic carbocycles. The number of nitrogens with zero attached hydrogens (tertiary/aromatic N) is 3. The van der Waals surface area contributed by atoms with Crippen molar-refractivity contribution in [2.75, 3.05) is 0 Å². The van der Waals surface area contributed by atoms with Crippen molar-refractivity contribution < 1.29 is 49.5 Å². The quantitative estimate of drug-likeness (QED) is 0.164. The summed E-state index contributed by atoms with van der Waals surface area (Å²) in [4.78, 5) is 12.8. The van der Waals surface area contributed by atoms with Crippen molar-refractivity contribution in [3.05, 3.63) is 125 Å². The number of hydrogen-bond donors (Lipinski definition) is 0. The molecule has 5 nitrogen and oxygen atoms in total. The predicted octanol–water partition coefficient (Wildman–Crippen LogP) is 9.83. The van der Waals surface area contributed by atoms with Gasteiger partial charge in [-0.05, 0) is 61.4 Å². The normalized spacial score (nSPS) is 17.6. The molecule has 0 spiro atoms. The molecule has 0 atom stereocenters. The summed E-state index contributed by atoms with van der Waals surface area (Å²) < 4.78 is 127. The van der Waals surface area contributed by atoms with E-state index in [-0.39, 0.29) is 81.6 Å². The van der Waals surface area contributed by atoms with E-state index in [1.807, 2.05) is 0 Å². The molecule has 5 aromatic heterocycles. The zero-order chi connectivity index (χ0) is 42.2. The van der Waals surface area contributed by atoms with E-state index in [9.17, 15) is 0 Å². The topological polar surface area (TPSA) is 65.0 Å². The van der Waals surface area contributed by atoms with E-state index in [4.69, 9.17) is 29.4 Å². The molecule has 6 heteroatoms. The van der Waals surface area contributed by atoms with Crippen molar-refractivity contribution in [2.45, 2.75) is 34.3 Å². The number of rotatable bonds is 2. The Bertz CT molecular complexity index is 2760. The smallest absolute Gasteiger partial charge is 0.183 e. The molecule has 5 heterocycles. The number of aromatic nitrogens is 3. The second kappa shape index (κ2) is 11.8. The van der Waals surface area contributed by atoms with E-state index in [0.29, 0.717) is 33.0 Å². The maximum atomic E-state index is 8.12. The first-order chi connectivity index (χ1) is 26.9. The fraction of sp³-hybridized carbons (Fsp3) is 0.132. The molecule has 0 aliphatic rings. The summed E-state index contributed by atoms with van der Waals surface area (Å²) in [5, 5.41) is 1.35. The summed E-state index contributed by atoms with van der Waals surface area (Å²) in [6.07, 6.45) is 2.33. The average Bonchev–Trinajstić information content (AvgIpc) is 3.72. The number of furan rings is 2. The summed E-state index contributed by atoms with van der Waals surface area (Å²) in [6, 6.07) is 24.9. The van der Waals surface area contributed by atoms with Crippen LogP contribution in [-0.2, 0) is 20.1 Å². The Morgan fingerprint density at radius 1 is 0.705 bits per heavy atom. The third kappa shape index (κ3) is 5.21. The van der Waals surface area contributed by atoms with Crippen LogP contribution in [0, 0.1) is 46.4 Å². The molecule has 0 saturated carbocycles. The van der Waals surface area contributed by atoms with E-state index in [1.165, 1.54) is 30.5 Å². The first-order valence-corrected chi connectivity index (χ1v) is 13.0. The van der Waals surface area contributed by atoms with Gasteiger partial charge in [0, 0.05) is 64.1 Å². The van der Waals surface area contributed by atoms with E-state index >= 15 is 0 Å². The fourth-order valence-corrected chi connectivity index (χ4v) is 4.84. The molecule has 44 heavy (non-hydrogen) atoms. The van der Waals surface area contributed by atoms with Gasteiger partial charge >= 0.3 is 0 Å². The SMILES string of the molecule is [2H]C([2H])([2H])c1c[c-]c(-c2ccc(C([2H])([2H])[2H])cn2)cc1.[2H]C([2H])([2H])c1cnc(-c2[c-]ccc3c2oc2c3nc(C([2H])([2H])[2H])c3c4ccccc4oc23)cc1C([2H])([2H])[2H].[Ir]. The number of fused-ring (bicyclic) bond motifs is 7. The molecule has 0 N–H and O–H groups in total. The molecule has 0 unspecified atom stereocenters. The first-order valence-electron chi connectivity index (χ1n) is 20.5. The van der Waals surface area contributed by atoms with Crippen molar-refractivity contribution >= 4 is 44.0 Å². The Hall–Kier alpha value is -4.64. The molecule has 0 saturated heterocycles. The second-order valence-electron chi connectivity index (χ2n) is 9.68. The van der Waals surface area contributed by atoms with Gasteiger partial charge < -0.3 is 18.8 Å². The largest absolute Gasteiger partial charge is 0.496 e. The molecule has 8 aromatic rings. The van der Waals surface area contributed by atoms with Crippen LogP contribution in [0.3, 0.4) is 0 Å². The molecule has 0 aliphatic heterocycles. The van der Waals surface area contributed by atoms with Gasteiger partial charge in [-0.25, -0.2) is 4.98 Å². The minimum absolute atomic E-state index is 0. The minimum Gasteiger partial charge on any atom is -0.496 e. The van der Waals surface area contributed by atoms with Crippen LogP contribution >= 0.6 is 0 Å². The Morgan fingerprint density at radius 2 is 1.57 bits per heavy atom. The van der Waals surface area contributed by atoms with Crippen molar-refractivity contribution in [3.8, 4) is 22.5 Å². The Balaban J connectivity index is 0.000000236. The zero-order valence-electron chi connectivity index (χ0n) is 37.6. The Kier molecular flexibility index (Phi) is 4.41. The standard InChI is InChI=1S/C25H17N2O2.C13H12N.Ir/c1-13-11-19(26-12-14(13)2)16-8-6-9-18-22-25(29-23(16)18)24-21(15(3)27-22)17-7-4-5-10-20(17)28-24;1-10-3-6-12(7-4-10)13-8-5-11(2)9-14-13;/h4-7,9-12H,1-3H3;3-6,8-9H,1-2H3;/q2*-1;/i1D3,2D3,3D3;1D3,2D3;. The Morgan fingerprint density at radius 3 is 2.34 bits per heavy atom. The number of hydrogen-bond acceptors (Lipinski definition) is 5. The fourth-order valence-electron chi connectivity index (χ4n) is 4.84. The number of para-hydroxylation sites is 1.